The Balaban J connectivity index is 1.75. The highest BCUT2D eigenvalue weighted by molar-refractivity contribution is 8.27. The molecule has 142 valence electrons. The fraction of sp³-hybridized carbons (Fsp3) is 0.182. The van der Waals surface area contributed by atoms with E-state index in [1.165, 1.54) is 17.3 Å². The average molecular weight is 409 g/mol. The summed E-state index contributed by atoms with van der Waals surface area (Å²) in [5.41, 5.74) is 2.88. The molecule has 0 aliphatic carbocycles. The van der Waals surface area contributed by atoms with Gasteiger partial charge in [-0.1, -0.05) is 61.2 Å². The number of hydrogen-bond acceptors (Lipinski definition) is 4. The number of nitrogens with zero attached hydrogens (tertiary/aromatic N) is 2. The lowest BCUT2D eigenvalue weighted by atomic mass is 10.1. The Kier molecular flexibility index (Phi) is 5.24. The van der Waals surface area contributed by atoms with Gasteiger partial charge < -0.3 is 9.30 Å². The Hall–Kier alpha value is -2.57. The molecule has 0 atom stereocenters. The van der Waals surface area contributed by atoms with Crippen LogP contribution in [0.1, 0.15) is 18.9 Å². The number of methoxy groups -OCH3 is 1. The second-order valence-corrected chi connectivity index (χ2v) is 8.16. The standard InChI is InChI=1S/C22H20N2O2S2/c1-3-12-23-14-15(16-8-4-5-9-17(16)23)13-20-21(25)24(22(27)28-20)18-10-6-7-11-19(18)26-2/h4-11,13-14H,3,12H2,1-2H3/b20-13-. The van der Waals surface area contributed by atoms with Crippen molar-refractivity contribution in [1.82, 2.24) is 4.57 Å². The smallest absolute Gasteiger partial charge is 0.270 e. The van der Waals surface area contributed by atoms with Crippen LogP contribution in [-0.4, -0.2) is 21.9 Å². The highest BCUT2D eigenvalue weighted by Gasteiger charge is 2.35. The van der Waals surface area contributed by atoms with E-state index in [-0.39, 0.29) is 5.91 Å². The summed E-state index contributed by atoms with van der Waals surface area (Å²) < 4.78 is 8.16. The monoisotopic (exact) mass is 408 g/mol. The van der Waals surface area contributed by atoms with Gasteiger partial charge in [-0.05, 0) is 30.7 Å². The first-order chi connectivity index (χ1) is 13.6. The number of aryl methyl sites for hydroxylation is 1. The van der Waals surface area contributed by atoms with Crippen LogP contribution in [0.4, 0.5) is 5.69 Å². The van der Waals surface area contributed by atoms with Crippen LogP contribution in [0.15, 0.2) is 59.6 Å². The molecule has 4 rings (SSSR count). The number of hydrogen-bond donors (Lipinski definition) is 0. The van der Waals surface area contributed by atoms with E-state index in [9.17, 15) is 4.79 Å². The van der Waals surface area contributed by atoms with Gasteiger partial charge in [-0.2, -0.15) is 0 Å². The summed E-state index contributed by atoms with van der Waals surface area (Å²) >= 11 is 6.84. The Morgan fingerprint density at radius 1 is 1.14 bits per heavy atom. The molecule has 0 spiro atoms. The average Bonchev–Trinajstić information content (AvgIpc) is 3.19. The van der Waals surface area contributed by atoms with E-state index >= 15 is 0 Å². The number of ether oxygens (including phenoxy) is 1. The first kappa shape index (κ1) is 18.8. The van der Waals surface area contributed by atoms with Crippen molar-refractivity contribution in [3.8, 4) is 5.75 Å². The van der Waals surface area contributed by atoms with E-state index in [0.717, 1.165) is 23.9 Å². The van der Waals surface area contributed by atoms with Crippen molar-refractivity contribution >= 4 is 56.9 Å². The quantitative estimate of drug-likeness (QED) is 0.414. The third-order valence-corrected chi connectivity index (χ3v) is 5.99. The van der Waals surface area contributed by atoms with E-state index in [4.69, 9.17) is 17.0 Å². The van der Waals surface area contributed by atoms with Gasteiger partial charge in [0.1, 0.15) is 5.75 Å². The number of aromatic nitrogens is 1. The maximum atomic E-state index is 13.1. The van der Waals surface area contributed by atoms with E-state index in [0.29, 0.717) is 20.7 Å². The van der Waals surface area contributed by atoms with Gasteiger partial charge in [-0.15, -0.1) is 0 Å². The zero-order valence-electron chi connectivity index (χ0n) is 15.7. The number of para-hydroxylation sites is 3. The number of benzene rings is 2. The van der Waals surface area contributed by atoms with E-state index in [1.807, 2.05) is 42.5 Å². The molecular weight excluding hydrogens is 388 g/mol. The van der Waals surface area contributed by atoms with Gasteiger partial charge in [0.05, 0.1) is 17.7 Å². The molecule has 1 fully saturated rings. The van der Waals surface area contributed by atoms with Crippen LogP contribution in [0.3, 0.4) is 0 Å². The van der Waals surface area contributed by atoms with Crippen LogP contribution in [0.25, 0.3) is 17.0 Å². The van der Waals surface area contributed by atoms with E-state index < -0.39 is 0 Å². The summed E-state index contributed by atoms with van der Waals surface area (Å²) in [6.07, 6.45) is 5.11. The molecule has 1 amide bonds. The molecule has 1 saturated heterocycles. The highest BCUT2D eigenvalue weighted by atomic mass is 32.2. The molecule has 2 heterocycles. The van der Waals surface area contributed by atoms with Crippen molar-refractivity contribution in [2.75, 3.05) is 12.0 Å². The summed E-state index contributed by atoms with van der Waals surface area (Å²) in [5, 5.41) is 1.14. The van der Waals surface area contributed by atoms with Crippen LogP contribution in [-0.2, 0) is 11.3 Å². The molecule has 0 bridgehead atoms. The first-order valence-corrected chi connectivity index (χ1v) is 10.4. The number of rotatable bonds is 5. The number of thioether (sulfide) groups is 1. The van der Waals surface area contributed by atoms with Crippen LogP contribution >= 0.6 is 24.0 Å². The zero-order valence-corrected chi connectivity index (χ0v) is 17.3. The van der Waals surface area contributed by atoms with Gasteiger partial charge in [-0.3, -0.25) is 9.69 Å². The van der Waals surface area contributed by atoms with Gasteiger partial charge >= 0.3 is 0 Å². The highest BCUT2D eigenvalue weighted by Crippen LogP contribution is 2.40. The molecule has 1 aromatic heterocycles. The fourth-order valence-corrected chi connectivity index (χ4v) is 4.72. The number of fused-ring (bicyclic) bond motifs is 1. The predicted octanol–water partition coefficient (Wildman–Crippen LogP) is 5.47. The largest absolute Gasteiger partial charge is 0.495 e. The maximum Gasteiger partial charge on any atom is 0.270 e. The molecule has 0 unspecified atom stereocenters. The molecular formula is C22H20N2O2S2. The number of anilines is 1. The van der Waals surface area contributed by atoms with Gasteiger partial charge in [0.15, 0.2) is 4.32 Å². The van der Waals surface area contributed by atoms with Gasteiger partial charge in [-0.25, -0.2) is 0 Å². The second-order valence-electron chi connectivity index (χ2n) is 6.48. The zero-order chi connectivity index (χ0) is 19.7. The summed E-state index contributed by atoms with van der Waals surface area (Å²) in [4.78, 5) is 15.3. The number of carbonyl (C=O) groups is 1. The molecule has 3 aromatic rings. The molecule has 4 nitrogen and oxygen atoms in total. The van der Waals surface area contributed by atoms with Gasteiger partial charge in [0, 0.05) is 29.2 Å². The van der Waals surface area contributed by atoms with Crippen LogP contribution < -0.4 is 9.64 Å². The molecule has 2 aromatic carbocycles. The lowest BCUT2D eigenvalue weighted by molar-refractivity contribution is -0.113. The summed E-state index contributed by atoms with van der Waals surface area (Å²) in [6.45, 7) is 3.10. The van der Waals surface area contributed by atoms with Crippen molar-refractivity contribution in [3.63, 3.8) is 0 Å². The minimum absolute atomic E-state index is 0.119. The summed E-state index contributed by atoms with van der Waals surface area (Å²) in [7, 11) is 1.59. The Labute approximate surface area is 173 Å². The summed E-state index contributed by atoms with van der Waals surface area (Å²) in [6, 6.07) is 15.7. The Morgan fingerprint density at radius 2 is 1.89 bits per heavy atom. The molecule has 6 heteroatoms. The normalized spacial score (nSPS) is 15.8. The molecule has 0 radical (unpaired) electrons. The van der Waals surface area contributed by atoms with E-state index in [2.05, 4.69) is 29.8 Å². The maximum absolute atomic E-state index is 13.1. The van der Waals surface area contributed by atoms with Gasteiger partial charge in [0.25, 0.3) is 5.91 Å². The van der Waals surface area contributed by atoms with E-state index in [1.54, 1.807) is 12.0 Å². The van der Waals surface area contributed by atoms with Crippen molar-refractivity contribution in [2.45, 2.75) is 19.9 Å². The van der Waals surface area contributed by atoms with Crippen LogP contribution in [0.5, 0.6) is 5.75 Å². The second kappa shape index (κ2) is 7.81. The minimum Gasteiger partial charge on any atom is -0.495 e. The third-order valence-electron chi connectivity index (χ3n) is 4.69. The molecule has 0 N–H and O–H groups in total. The molecule has 1 aliphatic rings. The topological polar surface area (TPSA) is 34.5 Å². The number of thiocarbonyl (C=S) groups is 1. The van der Waals surface area contributed by atoms with Crippen molar-refractivity contribution in [2.24, 2.45) is 0 Å². The molecule has 28 heavy (non-hydrogen) atoms. The Bertz CT molecular complexity index is 1100. The first-order valence-electron chi connectivity index (χ1n) is 9.13. The summed E-state index contributed by atoms with van der Waals surface area (Å²) in [5.74, 6) is 0.506. The third kappa shape index (κ3) is 3.23. The Morgan fingerprint density at radius 3 is 2.68 bits per heavy atom. The van der Waals surface area contributed by atoms with Crippen molar-refractivity contribution in [1.29, 1.82) is 0 Å². The minimum atomic E-state index is -0.119. The lowest BCUT2D eigenvalue weighted by Gasteiger charge is -2.17. The fourth-order valence-electron chi connectivity index (χ4n) is 3.45. The SMILES string of the molecule is CCCn1cc(/C=C2\SC(=S)N(c3ccccc3OC)C2=O)c2ccccc21. The predicted molar refractivity (Wildman–Crippen MR) is 121 cm³/mol. The van der Waals surface area contributed by atoms with Gasteiger partial charge in [0.2, 0.25) is 0 Å². The molecule has 1 aliphatic heterocycles. The molecule has 0 saturated carbocycles. The number of amides is 1. The van der Waals surface area contributed by atoms with Crippen LogP contribution in [0.2, 0.25) is 0 Å². The van der Waals surface area contributed by atoms with Crippen LogP contribution in [0, 0.1) is 0 Å². The number of carbonyl (C=O) groups excluding carboxylic acids is 1. The van der Waals surface area contributed by atoms with Crippen molar-refractivity contribution < 1.29 is 9.53 Å². The lowest BCUT2D eigenvalue weighted by Crippen LogP contribution is -2.27. The van der Waals surface area contributed by atoms with Crippen molar-refractivity contribution in [3.05, 3.63) is 65.2 Å².